The van der Waals surface area contributed by atoms with E-state index in [0.29, 0.717) is 5.92 Å². The van der Waals surface area contributed by atoms with E-state index in [1.807, 2.05) is 4.68 Å². The maximum atomic E-state index is 5.65. The van der Waals surface area contributed by atoms with E-state index in [0.717, 1.165) is 44.7 Å². The largest absolute Gasteiger partial charge is 0.381 e. The molecule has 0 saturated carbocycles. The number of ether oxygens (including phenoxy) is 1. The van der Waals surface area contributed by atoms with Gasteiger partial charge in [-0.05, 0) is 25.2 Å². The molecule has 0 amide bonds. The van der Waals surface area contributed by atoms with Gasteiger partial charge in [0.15, 0.2) is 0 Å². The number of hydrogen-bond acceptors (Lipinski definition) is 5. The molecule has 0 aliphatic carbocycles. The lowest BCUT2D eigenvalue weighted by molar-refractivity contribution is 0.181. The van der Waals surface area contributed by atoms with Gasteiger partial charge < -0.3 is 4.74 Å². The zero-order valence-electron chi connectivity index (χ0n) is 10.3. The summed E-state index contributed by atoms with van der Waals surface area (Å²) in [5.41, 5.74) is 3.94. The van der Waals surface area contributed by atoms with Crippen molar-refractivity contribution in [1.29, 1.82) is 0 Å². The highest BCUT2D eigenvalue weighted by molar-refractivity contribution is 5.02. The van der Waals surface area contributed by atoms with E-state index in [1.54, 1.807) is 6.20 Å². The Morgan fingerprint density at radius 2 is 2.59 bits per heavy atom. The molecule has 6 heteroatoms. The fourth-order valence-corrected chi connectivity index (χ4v) is 2.30. The zero-order chi connectivity index (χ0) is 12.1. The normalized spacial score (nSPS) is 21.9. The van der Waals surface area contributed by atoms with Crippen molar-refractivity contribution in [3.63, 3.8) is 0 Å². The molecule has 0 bridgehead atoms. The minimum atomic E-state index is 0.114. The first kappa shape index (κ1) is 12.5. The highest BCUT2D eigenvalue weighted by Gasteiger charge is 2.23. The summed E-state index contributed by atoms with van der Waals surface area (Å²) < 4.78 is 7.32. The van der Waals surface area contributed by atoms with Crippen molar-refractivity contribution in [2.24, 2.45) is 11.8 Å². The van der Waals surface area contributed by atoms with Crippen LogP contribution in [0.5, 0.6) is 0 Å². The minimum Gasteiger partial charge on any atom is -0.381 e. The lowest BCUT2D eigenvalue weighted by Gasteiger charge is -2.19. The quantitative estimate of drug-likeness (QED) is 0.562. The van der Waals surface area contributed by atoms with Crippen molar-refractivity contribution in [1.82, 2.24) is 20.4 Å². The number of nitrogens with one attached hydrogen (secondary N) is 1. The van der Waals surface area contributed by atoms with Crippen LogP contribution in [0.2, 0.25) is 0 Å². The van der Waals surface area contributed by atoms with Gasteiger partial charge in [-0.1, -0.05) is 12.1 Å². The Morgan fingerprint density at radius 1 is 1.71 bits per heavy atom. The molecule has 96 valence electrons. The standard InChI is InChI=1S/C11H21N5O/c1-2-4-16-11(7-13-15-16)10(14-12)6-9-3-5-17-8-9/h7,9-10,14H,2-6,8,12H2,1H3. The van der Waals surface area contributed by atoms with E-state index >= 15 is 0 Å². The lowest BCUT2D eigenvalue weighted by atomic mass is 9.98. The molecule has 1 aromatic heterocycles. The second-order valence-corrected chi connectivity index (χ2v) is 4.57. The topological polar surface area (TPSA) is 78.0 Å². The third kappa shape index (κ3) is 3.02. The van der Waals surface area contributed by atoms with E-state index in [2.05, 4.69) is 22.7 Å². The molecule has 17 heavy (non-hydrogen) atoms. The number of aryl methyl sites for hydroxylation is 1. The van der Waals surface area contributed by atoms with Crippen LogP contribution in [0, 0.1) is 5.92 Å². The number of aromatic nitrogens is 3. The molecule has 3 N–H and O–H groups in total. The average Bonchev–Trinajstić information content (AvgIpc) is 2.97. The summed E-state index contributed by atoms with van der Waals surface area (Å²) in [6, 6.07) is 0.114. The first-order valence-electron chi connectivity index (χ1n) is 6.27. The second kappa shape index (κ2) is 6.09. The van der Waals surface area contributed by atoms with Gasteiger partial charge in [-0.15, -0.1) is 5.10 Å². The fraction of sp³-hybridized carbons (Fsp3) is 0.818. The molecule has 1 aliphatic rings. The third-order valence-corrected chi connectivity index (χ3v) is 3.23. The molecule has 1 aromatic rings. The summed E-state index contributed by atoms with van der Waals surface area (Å²) in [4.78, 5) is 0. The summed E-state index contributed by atoms with van der Waals surface area (Å²) in [6.45, 7) is 4.72. The Morgan fingerprint density at radius 3 is 3.24 bits per heavy atom. The number of nitrogens with zero attached hydrogens (tertiary/aromatic N) is 3. The molecular weight excluding hydrogens is 218 g/mol. The van der Waals surface area contributed by atoms with Gasteiger partial charge in [0.05, 0.1) is 17.9 Å². The van der Waals surface area contributed by atoms with Gasteiger partial charge in [-0.2, -0.15) is 0 Å². The summed E-state index contributed by atoms with van der Waals surface area (Å²) in [6.07, 6.45) is 4.94. The number of nitrogens with two attached hydrogens (primary N) is 1. The van der Waals surface area contributed by atoms with Gasteiger partial charge in [0.25, 0.3) is 0 Å². The molecule has 2 unspecified atom stereocenters. The van der Waals surface area contributed by atoms with Crippen LogP contribution in [0.3, 0.4) is 0 Å². The summed E-state index contributed by atoms with van der Waals surface area (Å²) >= 11 is 0. The smallest absolute Gasteiger partial charge is 0.0770 e. The Hall–Kier alpha value is -0.980. The molecule has 2 atom stereocenters. The highest BCUT2D eigenvalue weighted by atomic mass is 16.5. The number of hydrogen-bond donors (Lipinski definition) is 2. The molecule has 0 spiro atoms. The molecule has 2 rings (SSSR count). The molecule has 6 nitrogen and oxygen atoms in total. The maximum absolute atomic E-state index is 5.65. The van der Waals surface area contributed by atoms with E-state index in [-0.39, 0.29) is 6.04 Å². The van der Waals surface area contributed by atoms with Gasteiger partial charge in [-0.3, -0.25) is 11.3 Å². The van der Waals surface area contributed by atoms with E-state index < -0.39 is 0 Å². The predicted molar refractivity (Wildman–Crippen MR) is 63.9 cm³/mol. The number of rotatable bonds is 6. The van der Waals surface area contributed by atoms with Crippen LogP contribution < -0.4 is 11.3 Å². The summed E-state index contributed by atoms with van der Waals surface area (Å²) in [5.74, 6) is 6.23. The fourth-order valence-electron chi connectivity index (χ4n) is 2.30. The van der Waals surface area contributed by atoms with Crippen LogP contribution in [0.1, 0.15) is 37.9 Å². The zero-order valence-corrected chi connectivity index (χ0v) is 10.3. The van der Waals surface area contributed by atoms with Gasteiger partial charge in [0, 0.05) is 19.8 Å². The van der Waals surface area contributed by atoms with Crippen molar-refractivity contribution in [3.05, 3.63) is 11.9 Å². The highest BCUT2D eigenvalue weighted by Crippen LogP contribution is 2.25. The SMILES string of the molecule is CCCn1nncc1C(CC1CCOC1)NN. The monoisotopic (exact) mass is 239 g/mol. The Kier molecular flexibility index (Phi) is 4.47. The molecule has 0 radical (unpaired) electrons. The van der Waals surface area contributed by atoms with Crippen LogP contribution >= 0.6 is 0 Å². The van der Waals surface area contributed by atoms with Gasteiger partial charge in [-0.25, -0.2) is 4.68 Å². The third-order valence-electron chi connectivity index (χ3n) is 3.23. The molecule has 2 heterocycles. The molecule has 1 fully saturated rings. The molecule has 0 aromatic carbocycles. The molecule has 1 saturated heterocycles. The first-order valence-corrected chi connectivity index (χ1v) is 6.27. The average molecular weight is 239 g/mol. The molecular formula is C11H21N5O. The van der Waals surface area contributed by atoms with Crippen LogP contribution in [0.4, 0.5) is 0 Å². The second-order valence-electron chi connectivity index (χ2n) is 4.57. The Bertz CT molecular complexity index is 334. The van der Waals surface area contributed by atoms with Crippen molar-refractivity contribution in [3.8, 4) is 0 Å². The Labute approximate surface area is 101 Å². The van der Waals surface area contributed by atoms with E-state index in [1.165, 1.54) is 0 Å². The predicted octanol–water partition coefficient (Wildman–Crippen LogP) is 0.619. The van der Waals surface area contributed by atoms with Crippen molar-refractivity contribution in [2.45, 2.75) is 38.8 Å². The van der Waals surface area contributed by atoms with Gasteiger partial charge in [0.2, 0.25) is 0 Å². The van der Waals surface area contributed by atoms with Gasteiger partial charge >= 0.3 is 0 Å². The Balaban J connectivity index is 2.02. The summed E-state index contributed by atoms with van der Waals surface area (Å²) in [5, 5.41) is 8.06. The maximum Gasteiger partial charge on any atom is 0.0770 e. The number of hydrazine groups is 1. The van der Waals surface area contributed by atoms with E-state index in [9.17, 15) is 0 Å². The summed E-state index contributed by atoms with van der Waals surface area (Å²) in [7, 11) is 0. The first-order chi connectivity index (χ1) is 8.35. The van der Waals surface area contributed by atoms with E-state index in [4.69, 9.17) is 10.6 Å². The van der Waals surface area contributed by atoms with Crippen LogP contribution in [-0.4, -0.2) is 28.2 Å². The van der Waals surface area contributed by atoms with Crippen molar-refractivity contribution in [2.75, 3.05) is 13.2 Å². The minimum absolute atomic E-state index is 0.114. The van der Waals surface area contributed by atoms with Gasteiger partial charge in [0.1, 0.15) is 0 Å². The van der Waals surface area contributed by atoms with Crippen LogP contribution in [-0.2, 0) is 11.3 Å². The van der Waals surface area contributed by atoms with Crippen molar-refractivity contribution < 1.29 is 4.74 Å². The van der Waals surface area contributed by atoms with Crippen LogP contribution in [0.15, 0.2) is 6.20 Å². The molecule has 1 aliphatic heterocycles. The van der Waals surface area contributed by atoms with Crippen molar-refractivity contribution >= 4 is 0 Å². The van der Waals surface area contributed by atoms with Crippen LogP contribution in [0.25, 0.3) is 0 Å². The lowest BCUT2D eigenvalue weighted by Crippen LogP contribution is -2.31.